The molecule has 4 nitrogen and oxygen atoms in total. The molecule has 25 heavy (non-hydrogen) atoms. The predicted molar refractivity (Wildman–Crippen MR) is 97.0 cm³/mol. The average molecular weight is 337 g/mol. The molecule has 3 aromatic rings. The lowest BCUT2D eigenvalue weighted by atomic mass is 9.90. The third-order valence-corrected chi connectivity index (χ3v) is 4.90. The molecule has 5 heteroatoms. The van der Waals surface area contributed by atoms with Gasteiger partial charge in [0.1, 0.15) is 5.82 Å². The molecule has 2 N–H and O–H groups in total. The van der Waals surface area contributed by atoms with Crippen molar-refractivity contribution >= 4 is 22.5 Å². The van der Waals surface area contributed by atoms with Crippen molar-refractivity contribution in [3.8, 4) is 0 Å². The van der Waals surface area contributed by atoms with Gasteiger partial charge in [0.15, 0.2) is 0 Å². The first-order valence-corrected chi connectivity index (χ1v) is 8.55. The number of anilines is 1. The second-order valence-electron chi connectivity index (χ2n) is 6.54. The summed E-state index contributed by atoms with van der Waals surface area (Å²) in [5, 5.41) is 0.608. The van der Waals surface area contributed by atoms with Crippen molar-refractivity contribution in [1.29, 1.82) is 0 Å². The molecule has 1 aromatic heterocycles. The maximum atomic E-state index is 13.6. The van der Waals surface area contributed by atoms with Crippen LogP contribution < -0.4 is 10.9 Å². The maximum absolute atomic E-state index is 13.6. The smallest absolute Gasteiger partial charge is 0.271 e. The highest BCUT2D eigenvalue weighted by atomic mass is 19.1. The summed E-state index contributed by atoms with van der Waals surface area (Å²) < 4.78 is 15.4. The lowest BCUT2D eigenvalue weighted by molar-refractivity contribution is 0.0964. The minimum Gasteiger partial charge on any atom is -0.350 e. The molecule has 128 valence electrons. The second kappa shape index (κ2) is 6.24. The van der Waals surface area contributed by atoms with Gasteiger partial charge in [0.2, 0.25) is 0 Å². The fraction of sp³-hybridized carbons (Fsp3) is 0.250. The highest BCUT2D eigenvalue weighted by Crippen LogP contribution is 2.27. The van der Waals surface area contributed by atoms with Gasteiger partial charge in [0, 0.05) is 24.1 Å². The van der Waals surface area contributed by atoms with Crippen LogP contribution in [0.1, 0.15) is 34.3 Å². The van der Waals surface area contributed by atoms with E-state index in [1.54, 1.807) is 12.3 Å². The van der Waals surface area contributed by atoms with Crippen LogP contribution in [0.15, 0.2) is 42.6 Å². The van der Waals surface area contributed by atoms with E-state index in [0.29, 0.717) is 10.9 Å². The molecular weight excluding hydrogens is 317 g/mol. The third kappa shape index (κ3) is 2.86. The van der Waals surface area contributed by atoms with Crippen LogP contribution in [0.4, 0.5) is 10.1 Å². The minimum absolute atomic E-state index is 0.274. The number of carbonyl (C=O) groups excluding carboxylic acids is 1. The zero-order valence-corrected chi connectivity index (χ0v) is 14.1. The zero-order chi connectivity index (χ0) is 17.4. The molecule has 0 saturated heterocycles. The lowest BCUT2D eigenvalue weighted by Crippen LogP contribution is -2.30. The van der Waals surface area contributed by atoms with Gasteiger partial charge in [-0.2, -0.15) is 0 Å². The minimum atomic E-state index is -0.349. The molecule has 1 aliphatic rings. The first-order chi connectivity index (χ1) is 12.1. The van der Waals surface area contributed by atoms with Crippen molar-refractivity contribution in [1.82, 2.24) is 9.99 Å². The van der Waals surface area contributed by atoms with Gasteiger partial charge >= 0.3 is 0 Å². The van der Waals surface area contributed by atoms with Crippen LogP contribution in [0.3, 0.4) is 0 Å². The number of hydrogen-bond acceptors (Lipinski definition) is 2. The monoisotopic (exact) mass is 337 g/mol. The summed E-state index contributed by atoms with van der Waals surface area (Å²) >= 11 is 0. The molecular formula is C20H20FN3O. The summed E-state index contributed by atoms with van der Waals surface area (Å²) in [6.07, 6.45) is 6.21. The Morgan fingerprint density at radius 3 is 2.88 bits per heavy atom. The highest BCUT2D eigenvalue weighted by molar-refractivity contribution is 6.07. The molecule has 0 unspecified atom stereocenters. The Morgan fingerprint density at radius 1 is 1.16 bits per heavy atom. The summed E-state index contributed by atoms with van der Waals surface area (Å²) in [5.41, 5.74) is 10.7. The summed E-state index contributed by atoms with van der Waals surface area (Å²) in [6.45, 7) is 0. The van der Waals surface area contributed by atoms with Crippen molar-refractivity contribution in [2.24, 2.45) is 7.05 Å². The number of halogens is 1. The predicted octanol–water partition coefficient (Wildman–Crippen LogP) is 3.95. The molecule has 0 radical (unpaired) electrons. The Bertz CT molecular complexity index is 961. The fourth-order valence-corrected chi connectivity index (χ4v) is 3.64. The van der Waals surface area contributed by atoms with E-state index in [0.717, 1.165) is 24.0 Å². The van der Waals surface area contributed by atoms with Gasteiger partial charge in [-0.25, -0.2) is 4.39 Å². The van der Waals surface area contributed by atoms with E-state index in [1.165, 1.54) is 36.1 Å². The molecule has 0 spiro atoms. The van der Waals surface area contributed by atoms with E-state index in [1.807, 2.05) is 23.7 Å². The Balaban J connectivity index is 1.59. The van der Waals surface area contributed by atoms with E-state index in [9.17, 15) is 9.18 Å². The Morgan fingerprint density at radius 2 is 2.00 bits per heavy atom. The van der Waals surface area contributed by atoms with Crippen LogP contribution in [0.2, 0.25) is 0 Å². The molecule has 0 aliphatic heterocycles. The standard InChI is InChI=1S/C20H20FN3O/c1-24-12-17(16-11-14(21)9-10-19(16)24)20(25)23-22-18-8-4-6-13-5-2-3-7-15(13)18/h4,6,8-12,22H,2-3,5,7H2,1H3,(H,23,25). The van der Waals surface area contributed by atoms with Crippen LogP contribution in [0.25, 0.3) is 10.9 Å². The number of hydrazine groups is 1. The number of rotatable bonds is 3. The van der Waals surface area contributed by atoms with Crippen LogP contribution >= 0.6 is 0 Å². The van der Waals surface area contributed by atoms with E-state index in [-0.39, 0.29) is 11.7 Å². The molecule has 1 aliphatic carbocycles. The quantitative estimate of drug-likeness (QED) is 0.711. The Hall–Kier alpha value is -2.82. The van der Waals surface area contributed by atoms with E-state index < -0.39 is 0 Å². The largest absolute Gasteiger partial charge is 0.350 e. The van der Waals surface area contributed by atoms with E-state index >= 15 is 0 Å². The molecule has 2 aromatic carbocycles. The third-order valence-electron chi connectivity index (χ3n) is 4.90. The highest BCUT2D eigenvalue weighted by Gasteiger charge is 2.16. The van der Waals surface area contributed by atoms with Crippen molar-refractivity contribution < 1.29 is 9.18 Å². The number of fused-ring (bicyclic) bond motifs is 2. The van der Waals surface area contributed by atoms with Gasteiger partial charge in [0.05, 0.1) is 11.3 Å². The molecule has 0 saturated carbocycles. The number of aromatic nitrogens is 1. The fourth-order valence-electron chi connectivity index (χ4n) is 3.64. The normalized spacial score (nSPS) is 13.5. The molecule has 0 fully saturated rings. The zero-order valence-electron chi connectivity index (χ0n) is 14.1. The van der Waals surface area contributed by atoms with Gasteiger partial charge in [-0.15, -0.1) is 0 Å². The van der Waals surface area contributed by atoms with Gasteiger partial charge in [-0.05, 0) is 61.1 Å². The van der Waals surface area contributed by atoms with E-state index in [2.05, 4.69) is 16.9 Å². The Kier molecular flexibility index (Phi) is 3.92. The van der Waals surface area contributed by atoms with Crippen LogP contribution in [0, 0.1) is 5.82 Å². The van der Waals surface area contributed by atoms with Crippen molar-refractivity contribution in [2.45, 2.75) is 25.7 Å². The van der Waals surface area contributed by atoms with Crippen LogP contribution in [0.5, 0.6) is 0 Å². The number of hydrogen-bond donors (Lipinski definition) is 2. The summed E-state index contributed by atoms with van der Waals surface area (Å²) in [4.78, 5) is 12.6. The first-order valence-electron chi connectivity index (χ1n) is 8.55. The summed E-state index contributed by atoms with van der Waals surface area (Å²) in [6, 6.07) is 10.6. The number of nitrogens with zero attached hydrogens (tertiary/aromatic N) is 1. The van der Waals surface area contributed by atoms with Gasteiger partial charge < -0.3 is 4.57 Å². The van der Waals surface area contributed by atoms with Gasteiger partial charge in [-0.1, -0.05) is 12.1 Å². The lowest BCUT2D eigenvalue weighted by Gasteiger charge is -2.20. The van der Waals surface area contributed by atoms with Crippen LogP contribution in [-0.2, 0) is 19.9 Å². The molecule has 0 atom stereocenters. The Labute approximate surface area is 145 Å². The second-order valence-corrected chi connectivity index (χ2v) is 6.54. The van der Waals surface area contributed by atoms with Crippen molar-refractivity contribution in [2.75, 3.05) is 5.43 Å². The molecule has 4 rings (SSSR count). The van der Waals surface area contributed by atoms with Gasteiger partial charge in [0.25, 0.3) is 5.91 Å². The molecule has 1 heterocycles. The van der Waals surface area contributed by atoms with Crippen molar-refractivity contribution in [3.05, 3.63) is 65.1 Å². The maximum Gasteiger partial charge on any atom is 0.271 e. The van der Waals surface area contributed by atoms with Crippen LogP contribution in [-0.4, -0.2) is 10.5 Å². The number of aryl methyl sites for hydroxylation is 2. The summed E-state index contributed by atoms with van der Waals surface area (Å²) in [7, 11) is 1.85. The number of amides is 1. The number of benzene rings is 2. The SMILES string of the molecule is Cn1cc(C(=O)NNc2cccc3c2CCCC3)c2cc(F)ccc21. The van der Waals surface area contributed by atoms with Crippen molar-refractivity contribution in [3.63, 3.8) is 0 Å². The average Bonchev–Trinajstić information content (AvgIpc) is 2.95. The number of carbonyl (C=O) groups is 1. The first kappa shape index (κ1) is 15.7. The topological polar surface area (TPSA) is 46.1 Å². The van der Waals surface area contributed by atoms with Gasteiger partial charge in [-0.3, -0.25) is 15.6 Å². The molecule has 0 bridgehead atoms. The molecule has 1 amide bonds. The summed E-state index contributed by atoms with van der Waals surface area (Å²) in [5.74, 6) is -0.623. The number of nitrogens with one attached hydrogen (secondary N) is 2. The van der Waals surface area contributed by atoms with E-state index in [4.69, 9.17) is 0 Å².